The summed E-state index contributed by atoms with van der Waals surface area (Å²) in [6.07, 6.45) is 0.348. The maximum absolute atomic E-state index is 13.1. The fourth-order valence-corrected chi connectivity index (χ4v) is 3.05. The van der Waals surface area contributed by atoms with Gasteiger partial charge in [0, 0.05) is 12.1 Å². The number of tetrazole rings is 1. The molecular formula is C20H21N5O4. The molecule has 0 saturated heterocycles. The first-order valence-corrected chi connectivity index (χ1v) is 8.91. The molecule has 0 spiro atoms. The van der Waals surface area contributed by atoms with Crippen molar-refractivity contribution in [3.63, 3.8) is 0 Å². The molecule has 1 heterocycles. The first kappa shape index (κ1) is 20.0. The lowest BCUT2D eigenvalue weighted by Gasteiger charge is -2.18. The Kier molecular flexibility index (Phi) is 5.87. The van der Waals surface area contributed by atoms with Crippen molar-refractivity contribution in [2.75, 3.05) is 12.4 Å². The number of methoxy groups -OCH3 is 1. The molecule has 1 amide bonds. The first-order chi connectivity index (χ1) is 13.9. The lowest BCUT2D eigenvalue weighted by molar-refractivity contribution is -0.119. The van der Waals surface area contributed by atoms with Crippen molar-refractivity contribution in [1.82, 2.24) is 20.2 Å². The smallest absolute Gasteiger partial charge is 0.335 e. The van der Waals surface area contributed by atoms with E-state index >= 15 is 0 Å². The minimum atomic E-state index is -1.01. The topological polar surface area (TPSA) is 119 Å². The van der Waals surface area contributed by atoms with Crippen LogP contribution in [0.15, 0.2) is 42.5 Å². The molecule has 3 aromatic rings. The lowest BCUT2D eigenvalue weighted by Crippen LogP contribution is -2.29. The maximum atomic E-state index is 13.1. The number of benzene rings is 2. The molecule has 2 aromatic carbocycles. The number of carboxylic acid groups (broad SMARTS) is 1. The van der Waals surface area contributed by atoms with Crippen molar-refractivity contribution < 1.29 is 19.4 Å². The van der Waals surface area contributed by atoms with Gasteiger partial charge in [0.1, 0.15) is 17.6 Å². The van der Waals surface area contributed by atoms with Gasteiger partial charge >= 0.3 is 5.97 Å². The highest BCUT2D eigenvalue weighted by atomic mass is 16.5. The third-order valence-electron chi connectivity index (χ3n) is 4.54. The Morgan fingerprint density at radius 3 is 2.62 bits per heavy atom. The second kappa shape index (κ2) is 8.51. The Hall–Kier alpha value is -3.75. The first-order valence-electron chi connectivity index (χ1n) is 8.91. The average molecular weight is 395 g/mol. The van der Waals surface area contributed by atoms with E-state index in [9.17, 15) is 9.59 Å². The Bertz CT molecular complexity index is 1050. The van der Waals surface area contributed by atoms with Gasteiger partial charge in [0.05, 0.1) is 12.7 Å². The average Bonchev–Trinajstić information content (AvgIpc) is 3.11. The van der Waals surface area contributed by atoms with Crippen LogP contribution in [0.4, 0.5) is 5.69 Å². The second-order valence-corrected chi connectivity index (χ2v) is 6.57. The summed E-state index contributed by atoms with van der Waals surface area (Å²) in [5, 5.41) is 23.5. The van der Waals surface area contributed by atoms with E-state index in [1.807, 2.05) is 24.3 Å². The zero-order valence-corrected chi connectivity index (χ0v) is 16.3. The van der Waals surface area contributed by atoms with Crippen molar-refractivity contribution in [2.24, 2.45) is 0 Å². The van der Waals surface area contributed by atoms with Gasteiger partial charge in [0.25, 0.3) is 0 Å². The number of nitrogens with zero attached hydrogens (tertiary/aromatic N) is 4. The molecular weight excluding hydrogens is 374 g/mol. The van der Waals surface area contributed by atoms with Crippen LogP contribution in [0.2, 0.25) is 0 Å². The highest BCUT2D eigenvalue weighted by Crippen LogP contribution is 2.22. The van der Waals surface area contributed by atoms with Crippen LogP contribution >= 0.6 is 0 Å². The molecule has 0 saturated carbocycles. The van der Waals surface area contributed by atoms with E-state index < -0.39 is 12.0 Å². The number of carbonyl (C=O) groups is 2. The molecule has 3 rings (SSSR count). The summed E-state index contributed by atoms with van der Waals surface area (Å²) < 4.78 is 6.72. The number of aromatic carboxylic acids is 1. The molecule has 9 heteroatoms. The van der Waals surface area contributed by atoms with Crippen LogP contribution in [0, 0.1) is 13.8 Å². The number of carboxylic acids is 1. The molecule has 0 bridgehead atoms. The number of carbonyl (C=O) groups excluding carboxylic acids is 1. The molecule has 0 aliphatic carbocycles. The molecule has 9 nitrogen and oxygen atoms in total. The normalized spacial score (nSPS) is 11.7. The summed E-state index contributed by atoms with van der Waals surface area (Å²) in [6.45, 7) is 3.40. The number of rotatable bonds is 7. The van der Waals surface area contributed by atoms with Gasteiger partial charge in [0.15, 0.2) is 0 Å². The number of amides is 1. The van der Waals surface area contributed by atoms with Gasteiger partial charge in [-0.05, 0) is 65.7 Å². The standard InChI is InChI=1S/C20H21N5O4/c1-12-9-15(7-8-17(12)20(27)28)21-19(26)18(25-13(2)22-23-24-25)11-14-5-4-6-16(10-14)29-3/h4-10,18H,11H2,1-3H3,(H,21,26)(H,27,28). The number of ether oxygens (including phenoxy) is 1. The fraction of sp³-hybridized carbons (Fsp3) is 0.250. The van der Waals surface area contributed by atoms with E-state index in [1.54, 1.807) is 33.1 Å². The number of anilines is 1. The van der Waals surface area contributed by atoms with Gasteiger partial charge in [-0.2, -0.15) is 0 Å². The molecule has 0 aliphatic heterocycles. The Labute approximate surface area is 167 Å². The number of nitrogens with one attached hydrogen (secondary N) is 1. The highest BCUT2D eigenvalue weighted by molar-refractivity contribution is 5.95. The molecule has 29 heavy (non-hydrogen) atoms. The minimum absolute atomic E-state index is 0.187. The van der Waals surface area contributed by atoms with Gasteiger partial charge in [-0.25, -0.2) is 9.48 Å². The summed E-state index contributed by atoms with van der Waals surface area (Å²) in [5.74, 6) is -0.133. The van der Waals surface area contributed by atoms with E-state index in [0.717, 1.165) is 5.56 Å². The van der Waals surface area contributed by atoms with Crippen LogP contribution in [0.5, 0.6) is 5.75 Å². The molecule has 0 radical (unpaired) electrons. The second-order valence-electron chi connectivity index (χ2n) is 6.57. The predicted octanol–water partition coefficient (Wildman–Crippen LogP) is 2.42. The molecule has 0 aliphatic rings. The van der Waals surface area contributed by atoms with Crippen LogP contribution < -0.4 is 10.1 Å². The number of hydrogen-bond donors (Lipinski definition) is 2. The molecule has 2 N–H and O–H groups in total. The van der Waals surface area contributed by atoms with E-state index in [0.29, 0.717) is 29.2 Å². The zero-order chi connectivity index (χ0) is 21.0. The van der Waals surface area contributed by atoms with Crippen molar-refractivity contribution in [1.29, 1.82) is 0 Å². The summed E-state index contributed by atoms with van der Waals surface area (Å²) in [4.78, 5) is 24.3. The number of aromatic nitrogens is 4. The summed E-state index contributed by atoms with van der Waals surface area (Å²) in [7, 11) is 1.58. The summed E-state index contributed by atoms with van der Waals surface area (Å²) in [5.41, 5.74) is 2.13. The van der Waals surface area contributed by atoms with Crippen LogP contribution in [-0.4, -0.2) is 44.3 Å². The van der Waals surface area contributed by atoms with Crippen LogP contribution in [0.25, 0.3) is 0 Å². The highest BCUT2D eigenvalue weighted by Gasteiger charge is 2.25. The van der Waals surface area contributed by atoms with E-state index in [4.69, 9.17) is 9.84 Å². The van der Waals surface area contributed by atoms with Crippen molar-refractivity contribution in [2.45, 2.75) is 26.3 Å². The van der Waals surface area contributed by atoms with Gasteiger partial charge in [-0.15, -0.1) is 5.10 Å². The van der Waals surface area contributed by atoms with Crippen LogP contribution in [0.3, 0.4) is 0 Å². The van der Waals surface area contributed by atoms with Gasteiger partial charge < -0.3 is 15.2 Å². The van der Waals surface area contributed by atoms with Crippen molar-refractivity contribution in [3.8, 4) is 5.75 Å². The Morgan fingerprint density at radius 1 is 1.21 bits per heavy atom. The molecule has 1 aromatic heterocycles. The van der Waals surface area contributed by atoms with Crippen molar-refractivity contribution >= 4 is 17.6 Å². The summed E-state index contributed by atoms with van der Waals surface area (Å²) >= 11 is 0. The van der Waals surface area contributed by atoms with Gasteiger partial charge in [-0.3, -0.25) is 4.79 Å². The molecule has 1 atom stereocenters. The quantitative estimate of drug-likeness (QED) is 0.630. The number of aryl methyl sites for hydroxylation is 2. The maximum Gasteiger partial charge on any atom is 0.335 e. The van der Waals surface area contributed by atoms with Gasteiger partial charge in [-0.1, -0.05) is 12.1 Å². The fourth-order valence-electron chi connectivity index (χ4n) is 3.05. The van der Waals surface area contributed by atoms with Crippen LogP contribution in [-0.2, 0) is 11.2 Å². The lowest BCUT2D eigenvalue weighted by atomic mass is 10.0. The Balaban J connectivity index is 1.88. The third kappa shape index (κ3) is 4.57. The predicted molar refractivity (Wildman–Crippen MR) is 105 cm³/mol. The minimum Gasteiger partial charge on any atom is -0.497 e. The van der Waals surface area contributed by atoms with Crippen LogP contribution in [0.1, 0.15) is 33.4 Å². The molecule has 150 valence electrons. The largest absolute Gasteiger partial charge is 0.497 e. The zero-order valence-electron chi connectivity index (χ0n) is 16.3. The third-order valence-corrected chi connectivity index (χ3v) is 4.54. The SMILES string of the molecule is COc1cccc(CC(C(=O)Nc2ccc(C(=O)O)c(C)c2)n2nnnc2C)c1. The van der Waals surface area contributed by atoms with E-state index in [1.165, 1.54) is 10.7 Å². The van der Waals surface area contributed by atoms with E-state index in [-0.39, 0.29) is 11.5 Å². The Morgan fingerprint density at radius 2 is 2.00 bits per heavy atom. The van der Waals surface area contributed by atoms with Gasteiger partial charge in [0.2, 0.25) is 5.91 Å². The monoisotopic (exact) mass is 395 g/mol. The molecule has 1 unspecified atom stereocenters. The summed E-state index contributed by atoms with van der Waals surface area (Å²) in [6, 6.07) is 11.4. The number of hydrogen-bond acceptors (Lipinski definition) is 6. The molecule has 0 fully saturated rings. The van der Waals surface area contributed by atoms with Crippen molar-refractivity contribution in [3.05, 3.63) is 65.0 Å². The van der Waals surface area contributed by atoms with E-state index in [2.05, 4.69) is 20.8 Å².